The quantitative estimate of drug-likeness (QED) is 0.828. The van der Waals surface area contributed by atoms with Gasteiger partial charge in [0, 0.05) is 24.8 Å². The maximum Gasteiger partial charge on any atom is 0.171 e. The van der Waals surface area contributed by atoms with Crippen LogP contribution in [0.4, 0.5) is 10.2 Å². The number of nitrogens with zero attached hydrogens (tertiary/aromatic N) is 2. The average molecular weight is 212 g/mol. The molecular formula is C11H17FN2O. The maximum absolute atomic E-state index is 13.8. The van der Waals surface area contributed by atoms with Gasteiger partial charge in [-0.3, -0.25) is 0 Å². The Bertz CT molecular complexity index is 330. The summed E-state index contributed by atoms with van der Waals surface area (Å²) in [5.74, 6) is -0.126. The van der Waals surface area contributed by atoms with E-state index in [2.05, 4.69) is 4.98 Å². The summed E-state index contributed by atoms with van der Waals surface area (Å²) in [6, 6.07) is 1.71. The Balaban J connectivity index is 3.03. The van der Waals surface area contributed by atoms with Gasteiger partial charge in [0.15, 0.2) is 11.6 Å². The second kappa shape index (κ2) is 5.07. The van der Waals surface area contributed by atoms with Crippen molar-refractivity contribution in [1.29, 1.82) is 0 Å². The molecule has 4 heteroatoms. The normalized spacial score (nSPS) is 12.6. The highest BCUT2D eigenvalue weighted by atomic mass is 19.1. The fraction of sp³-hybridized carbons (Fsp3) is 0.545. The third-order valence-electron chi connectivity index (χ3n) is 2.71. The molecular weight excluding hydrogens is 195 g/mol. The van der Waals surface area contributed by atoms with Crippen LogP contribution in [0.3, 0.4) is 0 Å². The molecule has 1 atom stereocenters. The van der Waals surface area contributed by atoms with Crippen LogP contribution in [0.25, 0.3) is 0 Å². The van der Waals surface area contributed by atoms with Crippen molar-refractivity contribution in [2.24, 2.45) is 0 Å². The van der Waals surface area contributed by atoms with E-state index in [1.54, 1.807) is 11.9 Å². The number of pyridine rings is 1. The number of rotatable bonds is 4. The molecule has 1 aromatic heterocycles. The molecule has 0 amide bonds. The van der Waals surface area contributed by atoms with Crippen molar-refractivity contribution in [2.75, 3.05) is 11.9 Å². The number of anilines is 1. The molecule has 1 N–H and O–H groups in total. The van der Waals surface area contributed by atoms with E-state index in [4.69, 9.17) is 5.11 Å². The first-order chi connectivity index (χ1) is 7.11. The van der Waals surface area contributed by atoms with Crippen LogP contribution in [-0.2, 0) is 6.61 Å². The van der Waals surface area contributed by atoms with Crippen molar-refractivity contribution in [2.45, 2.75) is 32.9 Å². The molecule has 0 aromatic carbocycles. The lowest BCUT2D eigenvalue weighted by Gasteiger charge is -2.25. The zero-order valence-corrected chi connectivity index (χ0v) is 9.37. The highest BCUT2D eigenvalue weighted by molar-refractivity contribution is 5.42. The predicted molar refractivity (Wildman–Crippen MR) is 58.3 cm³/mol. The molecule has 3 nitrogen and oxygen atoms in total. The molecule has 1 heterocycles. The minimum absolute atomic E-state index is 0.223. The third kappa shape index (κ3) is 2.45. The molecule has 0 bridgehead atoms. The van der Waals surface area contributed by atoms with E-state index < -0.39 is 5.82 Å². The smallest absolute Gasteiger partial charge is 0.171 e. The second-order valence-corrected chi connectivity index (χ2v) is 3.63. The standard InChI is InChI=1S/C11H17FN2O/c1-4-8(2)14(3)11-10(12)9(7-15)5-6-13-11/h5-6,8,15H,4,7H2,1-3H3. The van der Waals surface area contributed by atoms with Gasteiger partial charge in [0.1, 0.15) is 0 Å². The first kappa shape index (κ1) is 11.9. The highest BCUT2D eigenvalue weighted by Crippen LogP contribution is 2.20. The summed E-state index contributed by atoms with van der Waals surface area (Å²) < 4.78 is 13.8. The minimum atomic E-state index is -0.428. The molecule has 0 spiro atoms. The Kier molecular flexibility index (Phi) is 4.03. The topological polar surface area (TPSA) is 36.4 Å². The van der Waals surface area contributed by atoms with Gasteiger partial charge in [-0.1, -0.05) is 6.92 Å². The zero-order valence-electron chi connectivity index (χ0n) is 9.37. The number of aliphatic hydroxyl groups excluding tert-OH is 1. The average Bonchev–Trinajstić information content (AvgIpc) is 2.27. The van der Waals surface area contributed by atoms with Crippen molar-refractivity contribution >= 4 is 5.82 Å². The molecule has 0 aliphatic rings. The largest absolute Gasteiger partial charge is 0.392 e. The molecule has 0 aliphatic carbocycles. The van der Waals surface area contributed by atoms with Gasteiger partial charge < -0.3 is 10.0 Å². The summed E-state index contributed by atoms with van der Waals surface area (Å²) in [5.41, 5.74) is 0.287. The molecule has 0 aliphatic heterocycles. The van der Waals surface area contributed by atoms with Gasteiger partial charge in [0.05, 0.1) is 6.61 Å². The van der Waals surface area contributed by atoms with Crippen molar-refractivity contribution in [1.82, 2.24) is 4.98 Å². The number of hydrogen-bond donors (Lipinski definition) is 1. The minimum Gasteiger partial charge on any atom is -0.392 e. The van der Waals surface area contributed by atoms with Gasteiger partial charge >= 0.3 is 0 Å². The summed E-state index contributed by atoms with van der Waals surface area (Å²) >= 11 is 0. The predicted octanol–water partition coefficient (Wildman–Crippen LogP) is 1.95. The number of halogens is 1. The van der Waals surface area contributed by atoms with Gasteiger partial charge in [-0.25, -0.2) is 9.37 Å². The molecule has 1 aromatic rings. The van der Waals surface area contributed by atoms with Crippen LogP contribution < -0.4 is 4.90 Å². The van der Waals surface area contributed by atoms with E-state index in [9.17, 15) is 4.39 Å². The number of hydrogen-bond acceptors (Lipinski definition) is 3. The van der Waals surface area contributed by atoms with E-state index in [1.807, 2.05) is 13.8 Å². The lowest BCUT2D eigenvalue weighted by molar-refractivity contribution is 0.275. The van der Waals surface area contributed by atoms with Crippen molar-refractivity contribution in [3.8, 4) is 0 Å². The van der Waals surface area contributed by atoms with Crippen molar-refractivity contribution in [3.63, 3.8) is 0 Å². The van der Waals surface area contributed by atoms with Gasteiger partial charge in [0.25, 0.3) is 0 Å². The van der Waals surface area contributed by atoms with E-state index in [-0.39, 0.29) is 18.2 Å². The highest BCUT2D eigenvalue weighted by Gasteiger charge is 2.16. The molecule has 0 fully saturated rings. The van der Waals surface area contributed by atoms with Crippen LogP contribution in [-0.4, -0.2) is 23.2 Å². The molecule has 1 unspecified atom stereocenters. The van der Waals surface area contributed by atoms with Crippen molar-refractivity contribution in [3.05, 3.63) is 23.6 Å². The Morgan fingerprint density at radius 1 is 1.60 bits per heavy atom. The van der Waals surface area contributed by atoms with Crippen LogP contribution in [0.1, 0.15) is 25.8 Å². The van der Waals surface area contributed by atoms with Crippen LogP contribution in [0.5, 0.6) is 0 Å². The summed E-state index contributed by atoms with van der Waals surface area (Å²) in [4.78, 5) is 5.78. The van der Waals surface area contributed by atoms with Crippen LogP contribution in [0.15, 0.2) is 12.3 Å². The Morgan fingerprint density at radius 3 is 2.80 bits per heavy atom. The molecule has 0 saturated carbocycles. The van der Waals surface area contributed by atoms with Gasteiger partial charge in [-0.15, -0.1) is 0 Å². The summed E-state index contributed by atoms with van der Waals surface area (Å²) in [6.07, 6.45) is 2.43. The molecule has 0 radical (unpaired) electrons. The fourth-order valence-electron chi connectivity index (χ4n) is 1.32. The van der Waals surface area contributed by atoms with Gasteiger partial charge in [-0.05, 0) is 19.4 Å². The Morgan fingerprint density at radius 2 is 2.27 bits per heavy atom. The maximum atomic E-state index is 13.8. The number of aromatic nitrogens is 1. The van der Waals surface area contributed by atoms with Crippen LogP contribution >= 0.6 is 0 Å². The van der Waals surface area contributed by atoms with E-state index in [1.165, 1.54) is 12.3 Å². The van der Waals surface area contributed by atoms with E-state index in [0.717, 1.165) is 6.42 Å². The first-order valence-electron chi connectivity index (χ1n) is 5.08. The summed E-state index contributed by atoms with van der Waals surface area (Å²) in [6.45, 7) is 3.75. The van der Waals surface area contributed by atoms with E-state index in [0.29, 0.717) is 5.82 Å². The second-order valence-electron chi connectivity index (χ2n) is 3.63. The van der Waals surface area contributed by atoms with E-state index >= 15 is 0 Å². The lowest BCUT2D eigenvalue weighted by atomic mass is 10.2. The first-order valence-corrected chi connectivity index (χ1v) is 5.08. The van der Waals surface area contributed by atoms with Crippen molar-refractivity contribution < 1.29 is 9.50 Å². The number of aliphatic hydroxyl groups is 1. The Hall–Kier alpha value is -1.16. The molecule has 1 rings (SSSR count). The molecule has 84 valence electrons. The van der Waals surface area contributed by atoms with Crippen LogP contribution in [0.2, 0.25) is 0 Å². The monoisotopic (exact) mass is 212 g/mol. The zero-order chi connectivity index (χ0) is 11.4. The van der Waals surface area contributed by atoms with Gasteiger partial charge in [-0.2, -0.15) is 0 Å². The summed E-state index contributed by atoms with van der Waals surface area (Å²) in [5, 5.41) is 8.93. The summed E-state index contributed by atoms with van der Waals surface area (Å²) in [7, 11) is 1.81. The van der Waals surface area contributed by atoms with Crippen LogP contribution in [0, 0.1) is 5.82 Å². The third-order valence-corrected chi connectivity index (χ3v) is 2.71. The molecule has 0 saturated heterocycles. The van der Waals surface area contributed by atoms with Gasteiger partial charge in [0.2, 0.25) is 0 Å². The SMILES string of the molecule is CCC(C)N(C)c1nccc(CO)c1F. The fourth-order valence-corrected chi connectivity index (χ4v) is 1.32. The lowest BCUT2D eigenvalue weighted by Crippen LogP contribution is -2.29. The molecule has 15 heavy (non-hydrogen) atoms. The Labute approximate surface area is 89.6 Å².